The molecule has 3 nitrogen and oxygen atoms in total. The number of halogens is 2. The maximum Gasteiger partial charge on any atom is 0.238 e. The molecule has 0 aromatic heterocycles. The third-order valence-electron chi connectivity index (χ3n) is 2.76. The van der Waals surface area contributed by atoms with Gasteiger partial charge in [-0.25, -0.2) is 0 Å². The van der Waals surface area contributed by atoms with Gasteiger partial charge in [0.2, 0.25) is 5.91 Å². The van der Waals surface area contributed by atoms with Gasteiger partial charge in [-0.3, -0.25) is 9.69 Å². The number of carbonyl (C=O) groups is 1. The number of nitrogens with zero attached hydrogens (tertiary/aromatic N) is 1. The highest BCUT2D eigenvalue weighted by atomic mass is 79.9. The molecule has 0 atom stereocenters. The van der Waals surface area contributed by atoms with Gasteiger partial charge in [0.1, 0.15) is 5.75 Å². The standard InChI is InChI=1S/C14H19Br2NO2/c1-3-4-8-19-12-7-5-6-11(2)14(12)17(10-16)13(18)9-15/h5-7H,3-4,8-10H2,1-2H3. The van der Waals surface area contributed by atoms with Gasteiger partial charge < -0.3 is 4.74 Å². The van der Waals surface area contributed by atoms with Gasteiger partial charge in [0.15, 0.2) is 0 Å². The molecule has 0 saturated carbocycles. The summed E-state index contributed by atoms with van der Waals surface area (Å²) in [5.74, 6) is 0.772. The molecule has 1 aromatic rings. The van der Waals surface area contributed by atoms with Crippen molar-refractivity contribution in [2.24, 2.45) is 0 Å². The number of benzene rings is 1. The van der Waals surface area contributed by atoms with Crippen molar-refractivity contribution in [3.05, 3.63) is 23.8 Å². The van der Waals surface area contributed by atoms with E-state index in [4.69, 9.17) is 4.74 Å². The molecule has 0 aliphatic rings. The molecule has 0 N–H and O–H groups in total. The predicted molar refractivity (Wildman–Crippen MR) is 86.7 cm³/mol. The highest BCUT2D eigenvalue weighted by molar-refractivity contribution is 9.09. The number of unbranched alkanes of at least 4 members (excludes halogenated alkanes) is 1. The molecule has 0 radical (unpaired) electrons. The Balaban J connectivity index is 3.04. The zero-order chi connectivity index (χ0) is 14.3. The molecule has 5 heteroatoms. The molecule has 0 aliphatic carbocycles. The Kier molecular flexibility index (Phi) is 7.46. The lowest BCUT2D eigenvalue weighted by atomic mass is 10.1. The summed E-state index contributed by atoms with van der Waals surface area (Å²) in [5.41, 5.74) is 2.33. The van der Waals surface area contributed by atoms with Crippen molar-refractivity contribution in [3.8, 4) is 5.75 Å². The molecule has 19 heavy (non-hydrogen) atoms. The normalized spacial score (nSPS) is 10.3. The van der Waals surface area contributed by atoms with E-state index in [0.717, 1.165) is 29.8 Å². The van der Waals surface area contributed by atoms with Gasteiger partial charge in [-0.05, 0) is 25.0 Å². The van der Waals surface area contributed by atoms with Crippen LogP contribution in [0.25, 0.3) is 0 Å². The fourth-order valence-electron chi connectivity index (χ4n) is 1.74. The van der Waals surface area contributed by atoms with Crippen LogP contribution < -0.4 is 9.64 Å². The number of hydrogen-bond acceptors (Lipinski definition) is 2. The summed E-state index contributed by atoms with van der Waals surface area (Å²) in [6, 6.07) is 5.85. The lowest BCUT2D eigenvalue weighted by Gasteiger charge is -2.24. The van der Waals surface area contributed by atoms with Crippen LogP contribution in [0, 0.1) is 6.92 Å². The van der Waals surface area contributed by atoms with Crippen molar-refractivity contribution in [1.82, 2.24) is 0 Å². The minimum atomic E-state index is 0.00603. The van der Waals surface area contributed by atoms with Gasteiger partial charge in [-0.15, -0.1) is 0 Å². The van der Waals surface area contributed by atoms with Crippen molar-refractivity contribution >= 4 is 43.5 Å². The summed E-state index contributed by atoms with van der Waals surface area (Å²) in [5, 5.41) is 0.293. The molecule has 0 aliphatic heterocycles. The Morgan fingerprint density at radius 1 is 1.37 bits per heavy atom. The monoisotopic (exact) mass is 391 g/mol. The van der Waals surface area contributed by atoms with E-state index in [0.29, 0.717) is 17.4 Å². The number of anilines is 1. The van der Waals surface area contributed by atoms with Crippen molar-refractivity contribution in [1.29, 1.82) is 0 Å². The van der Waals surface area contributed by atoms with Crippen LogP contribution in [0.3, 0.4) is 0 Å². The number of aryl methyl sites for hydroxylation is 1. The van der Waals surface area contributed by atoms with Gasteiger partial charge in [0, 0.05) is 0 Å². The number of amides is 1. The highest BCUT2D eigenvalue weighted by Crippen LogP contribution is 2.33. The van der Waals surface area contributed by atoms with Crippen molar-refractivity contribution in [2.45, 2.75) is 26.7 Å². The Morgan fingerprint density at radius 2 is 2.11 bits per heavy atom. The lowest BCUT2D eigenvalue weighted by molar-refractivity contribution is -0.115. The number of carbonyl (C=O) groups excluding carboxylic acids is 1. The van der Waals surface area contributed by atoms with E-state index in [-0.39, 0.29) is 5.91 Å². The first-order valence-electron chi connectivity index (χ1n) is 6.30. The first-order chi connectivity index (χ1) is 9.15. The number of para-hydroxylation sites is 1. The Labute approximate surface area is 131 Å². The van der Waals surface area contributed by atoms with Crippen LogP contribution >= 0.6 is 31.9 Å². The van der Waals surface area contributed by atoms with E-state index in [1.807, 2.05) is 25.1 Å². The molecule has 0 unspecified atom stereocenters. The molecule has 0 fully saturated rings. The SMILES string of the molecule is CCCCOc1cccc(C)c1N(CBr)C(=O)CBr. The molecule has 1 amide bonds. The third kappa shape index (κ3) is 4.49. The van der Waals surface area contributed by atoms with Crippen LogP contribution in [0.1, 0.15) is 25.3 Å². The maximum absolute atomic E-state index is 12.0. The average Bonchev–Trinajstić information content (AvgIpc) is 2.42. The van der Waals surface area contributed by atoms with E-state index in [1.54, 1.807) is 4.90 Å². The topological polar surface area (TPSA) is 29.5 Å². The van der Waals surface area contributed by atoms with Crippen LogP contribution in [0.4, 0.5) is 5.69 Å². The zero-order valence-electron chi connectivity index (χ0n) is 11.3. The van der Waals surface area contributed by atoms with Crippen molar-refractivity contribution in [2.75, 3.05) is 22.3 Å². The highest BCUT2D eigenvalue weighted by Gasteiger charge is 2.19. The summed E-state index contributed by atoms with van der Waals surface area (Å²) < 4.78 is 5.81. The van der Waals surface area contributed by atoms with Gasteiger partial charge in [0.25, 0.3) is 0 Å². The second-order valence-electron chi connectivity index (χ2n) is 4.20. The second kappa shape index (κ2) is 8.59. The largest absolute Gasteiger partial charge is 0.491 e. The third-order valence-corrected chi connectivity index (χ3v) is 3.74. The maximum atomic E-state index is 12.0. The first kappa shape index (κ1) is 16.5. The zero-order valence-corrected chi connectivity index (χ0v) is 14.5. The number of rotatable bonds is 7. The molecular weight excluding hydrogens is 374 g/mol. The van der Waals surface area contributed by atoms with E-state index >= 15 is 0 Å². The Morgan fingerprint density at radius 3 is 2.68 bits per heavy atom. The summed E-state index contributed by atoms with van der Waals surface area (Å²) in [6.07, 6.45) is 2.09. The smallest absolute Gasteiger partial charge is 0.238 e. The fraction of sp³-hybridized carbons (Fsp3) is 0.500. The van der Waals surface area contributed by atoms with E-state index in [1.165, 1.54) is 0 Å². The van der Waals surface area contributed by atoms with Crippen LogP contribution in [0.15, 0.2) is 18.2 Å². The van der Waals surface area contributed by atoms with Gasteiger partial charge in [-0.1, -0.05) is 57.3 Å². The van der Waals surface area contributed by atoms with Crippen LogP contribution in [-0.2, 0) is 4.79 Å². The molecule has 0 saturated heterocycles. The Bertz CT molecular complexity index is 424. The van der Waals surface area contributed by atoms with Crippen LogP contribution in [0.5, 0.6) is 5.75 Å². The first-order valence-corrected chi connectivity index (χ1v) is 8.54. The summed E-state index contributed by atoms with van der Waals surface area (Å²) in [6.45, 7) is 4.78. The number of hydrogen-bond donors (Lipinski definition) is 0. The van der Waals surface area contributed by atoms with Crippen molar-refractivity contribution in [3.63, 3.8) is 0 Å². The van der Waals surface area contributed by atoms with Crippen LogP contribution in [0.2, 0.25) is 0 Å². The summed E-state index contributed by atoms with van der Waals surface area (Å²) in [7, 11) is 0. The summed E-state index contributed by atoms with van der Waals surface area (Å²) in [4.78, 5) is 13.7. The number of ether oxygens (including phenoxy) is 1. The van der Waals surface area contributed by atoms with Gasteiger partial charge >= 0.3 is 0 Å². The minimum Gasteiger partial charge on any atom is -0.491 e. The summed E-state index contributed by atoms with van der Waals surface area (Å²) >= 11 is 6.59. The van der Waals surface area contributed by atoms with Gasteiger partial charge in [0.05, 0.1) is 23.1 Å². The molecule has 1 rings (SSSR count). The molecule has 0 spiro atoms. The second-order valence-corrected chi connectivity index (χ2v) is 5.26. The van der Waals surface area contributed by atoms with E-state index in [2.05, 4.69) is 38.8 Å². The lowest BCUT2D eigenvalue weighted by Crippen LogP contribution is -2.31. The van der Waals surface area contributed by atoms with Crippen molar-refractivity contribution < 1.29 is 9.53 Å². The van der Waals surface area contributed by atoms with E-state index in [9.17, 15) is 4.79 Å². The predicted octanol–water partition coefficient (Wildman–Crippen LogP) is 4.25. The van der Waals surface area contributed by atoms with Gasteiger partial charge in [-0.2, -0.15) is 0 Å². The molecule has 0 bridgehead atoms. The Hall–Kier alpha value is -0.550. The fourth-order valence-corrected chi connectivity index (χ4v) is 2.58. The molecule has 106 valence electrons. The minimum absolute atomic E-state index is 0.00603. The molecule has 1 aromatic carbocycles. The quantitative estimate of drug-likeness (QED) is 0.394. The number of alkyl halides is 2. The average molecular weight is 393 g/mol. The van der Waals surface area contributed by atoms with Crippen LogP contribution in [-0.4, -0.2) is 23.3 Å². The molecule has 0 heterocycles. The molecular formula is C14H19Br2NO2. The van der Waals surface area contributed by atoms with E-state index < -0.39 is 0 Å².